The monoisotopic (exact) mass is 426 g/mol. The first kappa shape index (κ1) is 24.3. The van der Waals surface area contributed by atoms with E-state index in [1.807, 2.05) is 62.4 Å². The van der Waals surface area contributed by atoms with Crippen molar-refractivity contribution < 1.29 is 19.1 Å². The zero-order valence-corrected chi connectivity index (χ0v) is 19.0. The fraction of sp³-hybridized carbons (Fsp3) is 0.440. The van der Waals surface area contributed by atoms with E-state index < -0.39 is 6.04 Å². The molecule has 0 unspecified atom stereocenters. The average Bonchev–Trinajstić information content (AvgIpc) is 2.78. The number of methoxy groups -OCH3 is 1. The van der Waals surface area contributed by atoms with Gasteiger partial charge in [0.2, 0.25) is 11.8 Å². The molecule has 0 spiro atoms. The lowest BCUT2D eigenvalue weighted by Gasteiger charge is -2.29. The molecule has 1 atom stereocenters. The largest absolute Gasteiger partial charge is 0.497 e. The summed E-state index contributed by atoms with van der Waals surface area (Å²) in [6.45, 7) is 7.23. The van der Waals surface area contributed by atoms with Crippen molar-refractivity contribution in [1.82, 2.24) is 10.2 Å². The molecule has 1 N–H and O–H groups in total. The van der Waals surface area contributed by atoms with Crippen molar-refractivity contribution in [3.05, 3.63) is 59.7 Å². The van der Waals surface area contributed by atoms with Gasteiger partial charge in [0, 0.05) is 19.5 Å². The summed E-state index contributed by atoms with van der Waals surface area (Å²) in [6.07, 6.45) is 1.73. The molecule has 0 bridgehead atoms. The Morgan fingerprint density at radius 2 is 1.81 bits per heavy atom. The van der Waals surface area contributed by atoms with Gasteiger partial charge in [-0.3, -0.25) is 9.59 Å². The smallest absolute Gasteiger partial charge is 0.242 e. The number of ether oxygens (including phenoxy) is 2. The SMILES string of the molecule is CCCNC(=O)[C@@H](C)N(Cc1cccc(C)c1)C(=O)CCCOc1ccc(OC)cc1. The highest BCUT2D eigenvalue weighted by molar-refractivity contribution is 5.87. The van der Waals surface area contributed by atoms with Gasteiger partial charge < -0.3 is 19.7 Å². The van der Waals surface area contributed by atoms with Crippen LogP contribution in [0.1, 0.15) is 44.2 Å². The Balaban J connectivity index is 1.96. The highest BCUT2D eigenvalue weighted by Crippen LogP contribution is 2.18. The second-order valence-corrected chi connectivity index (χ2v) is 7.61. The van der Waals surface area contributed by atoms with Crippen LogP contribution in [0.5, 0.6) is 11.5 Å². The van der Waals surface area contributed by atoms with E-state index in [2.05, 4.69) is 5.32 Å². The van der Waals surface area contributed by atoms with E-state index in [0.29, 0.717) is 32.5 Å². The van der Waals surface area contributed by atoms with E-state index >= 15 is 0 Å². The molecule has 0 heterocycles. The lowest BCUT2D eigenvalue weighted by Crippen LogP contribution is -2.47. The molecule has 0 fully saturated rings. The van der Waals surface area contributed by atoms with Crippen LogP contribution < -0.4 is 14.8 Å². The molecule has 0 aliphatic carbocycles. The zero-order chi connectivity index (χ0) is 22.6. The Bertz CT molecular complexity index is 836. The first-order chi connectivity index (χ1) is 14.9. The van der Waals surface area contributed by atoms with Crippen LogP contribution in [0.4, 0.5) is 0 Å². The Morgan fingerprint density at radius 1 is 1.10 bits per heavy atom. The van der Waals surface area contributed by atoms with E-state index in [-0.39, 0.29) is 11.8 Å². The minimum absolute atomic E-state index is 0.0565. The first-order valence-corrected chi connectivity index (χ1v) is 10.8. The Labute approximate surface area is 185 Å². The van der Waals surface area contributed by atoms with Gasteiger partial charge >= 0.3 is 0 Å². The van der Waals surface area contributed by atoms with Gasteiger partial charge in [-0.05, 0) is 56.5 Å². The molecule has 2 rings (SSSR count). The molecular weight excluding hydrogens is 392 g/mol. The zero-order valence-electron chi connectivity index (χ0n) is 19.0. The summed E-state index contributed by atoms with van der Waals surface area (Å²) in [5, 5.41) is 2.89. The number of hydrogen-bond acceptors (Lipinski definition) is 4. The van der Waals surface area contributed by atoms with Gasteiger partial charge in [0.15, 0.2) is 0 Å². The average molecular weight is 427 g/mol. The van der Waals surface area contributed by atoms with E-state index in [1.165, 1.54) is 0 Å². The summed E-state index contributed by atoms with van der Waals surface area (Å²) in [6, 6.07) is 14.8. The van der Waals surface area contributed by atoms with Crippen molar-refractivity contribution in [3.63, 3.8) is 0 Å². The maximum Gasteiger partial charge on any atom is 0.242 e. The molecule has 0 aromatic heterocycles. The van der Waals surface area contributed by atoms with E-state index in [4.69, 9.17) is 9.47 Å². The van der Waals surface area contributed by atoms with Crippen molar-refractivity contribution in [1.29, 1.82) is 0 Å². The van der Waals surface area contributed by atoms with Crippen LogP contribution in [0.25, 0.3) is 0 Å². The highest BCUT2D eigenvalue weighted by atomic mass is 16.5. The molecule has 0 aliphatic rings. The number of benzene rings is 2. The molecule has 6 nitrogen and oxygen atoms in total. The quantitative estimate of drug-likeness (QED) is 0.519. The van der Waals surface area contributed by atoms with E-state index in [1.54, 1.807) is 18.9 Å². The van der Waals surface area contributed by atoms with Gasteiger partial charge in [-0.2, -0.15) is 0 Å². The predicted molar refractivity (Wildman–Crippen MR) is 122 cm³/mol. The molecule has 2 aromatic carbocycles. The van der Waals surface area contributed by atoms with Crippen LogP contribution >= 0.6 is 0 Å². The molecule has 0 saturated carbocycles. The van der Waals surface area contributed by atoms with Crippen LogP contribution in [-0.4, -0.2) is 43.0 Å². The lowest BCUT2D eigenvalue weighted by molar-refractivity contribution is -0.140. The molecule has 0 saturated heterocycles. The van der Waals surface area contributed by atoms with Crippen LogP contribution in [0.2, 0.25) is 0 Å². The van der Waals surface area contributed by atoms with Gasteiger partial charge in [-0.1, -0.05) is 36.8 Å². The third kappa shape index (κ3) is 7.96. The minimum Gasteiger partial charge on any atom is -0.497 e. The van der Waals surface area contributed by atoms with E-state index in [0.717, 1.165) is 29.0 Å². The number of aryl methyl sites for hydroxylation is 1. The third-order valence-corrected chi connectivity index (χ3v) is 5.02. The topological polar surface area (TPSA) is 67.9 Å². The summed E-state index contributed by atoms with van der Waals surface area (Å²) < 4.78 is 10.9. The number of nitrogens with one attached hydrogen (secondary N) is 1. The molecule has 31 heavy (non-hydrogen) atoms. The maximum absolute atomic E-state index is 13.0. The number of hydrogen-bond donors (Lipinski definition) is 1. The van der Waals surface area contributed by atoms with E-state index in [9.17, 15) is 9.59 Å². The predicted octanol–water partition coefficient (Wildman–Crippen LogP) is 4.11. The third-order valence-electron chi connectivity index (χ3n) is 5.02. The van der Waals surface area contributed by atoms with Crippen LogP contribution in [-0.2, 0) is 16.1 Å². The molecule has 2 amide bonds. The van der Waals surface area contributed by atoms with Gasteiger partial charge in [0.1, 0.15) is 17.5 Å². The summed E-state index contributed by atoms with van der Waals surface area (Å²) in [7, 11) is 1.62. The summed E-state index contributed by atoms with van der Waals surface area (Å²) in [4.78, 5) is 27.2. The normalized spacial score (nSPS) is 11.5. The molecule has 0 radical (unpaired) electrons. The van der Waals surface area contributed by atoms with Crippen molar-refractivity contribution in [2.45, 2.75) is 52.6 Å². The number of amides is 2. The maximum atomic E-state index is 13.0. The van der Waals surface area contributed by atoms with Crippen molar-refractivity contribution in [3.8, 4) is 11.5 Å². The van der Waals surface area contributed by atoms with Crippen molar-refractivity contribution in [2.24, 2.45) is 0 Å². The first-order valence-electron chi connectivity index (χ1n) is 10.8. The van der Waals surface area contributed by atoms with Crippen molar-refractivity contribution in [2.75, 3.05) is 20.3 Å². The second kappa shape index (κ2) is 12.6. The Hall–Kier alpha value is -3.02. The lowest BCUT2D eigenvalue weighted by atomic mass is 10.1. The molecule has 2 aromatic rings. The standard InChI is InChI=1S/C25H34N2O4/c1-5-15-26-25(29)20(3)27(18-21-9-6-8-19(2)17-21)24(28)10-7-16-31-23-13-11-22(30-4)12-14-23/h6,8-9,11-14,17,20H,5,7,10,15-16,18H2,1-4H3,(H,26,29)/t20-/m1/s1. The fourth-order valence-corrected chi connectivity index (χ4v) is 3.21. The Kier molecular flexibility index (Phi) is 9.88. The number of rotatable bonds is 12. The van der Waals surface area contributed by atoms with Gasteiger partial charge in [0.25, 0.3) is 0 Å². The molecule has 0 aliphatic heterocycles. The number of carbonyl (C=O) groups is 2. The number of carbonyl (C=O) groups excluding carboxylic acids is 2. The van der Waals surface area contributed by atoms with Crippen LogP contribution in [0.15, 0.2) is 48.5 Å². The summed E-state index contributed by atoms with van der Waals surface area (Å²) in [5.74, 6) is 1.32. The molecule has 6 heteroatoms. The minimum atomic E-state index is -0.540. The summed E-state index contributed by atoms with van der Waals surface area (Å²) in [5.41, 5.74) is 2.14. The van der Waals surface area contributed by atoms with Crippen molar-refractivity contribution >= 4 is 11.8 Å². The molecule has 168 valence electrons. The van der Waals surface area contributed by atoms with Gasteiger partial charge in [-0.15, -0.1) is 0 Å². The highest BCUT2D eigenvalue weighted by Gasteiger charge is 2.25. The van der Waals surface area contributed by atoms with Gasteiger partial charge in [-0.25, -0.2) is 0 Å². The van der Waals surface area contributed by atoms with Gasteiger partial charge in [0.05, 0.1) is 13.7 Å². The summed E-state index contributed by atoms with van der Waals surface area (Å²) >= 11 is 0. The number of nitrogens with zero attached hydrogens (tertiary/aromatic N) is 1. The fourth-order valence-electron chi connectivity index (χ4n) is 3.21. The molecular formula is C25H34N2O4. The van der Waals surface area contributed by atoms with Crippen LogP contribution in [0, 0.1) is 6.92 Å². The second-order valence-electron chi connectivity index (χ2n) is 7.61. The van der Waals surface area contributed by atoms with Crippen LogP contribution in [0.3, 0.4) is 0 Å². The Morgan fingerprint density at radius 3 is 2.45 bits per heavy atom.